The van der Waals surface area contributed by atoms with Crippen molar-refractivity contribution in [3.63, 3.8) is 0 Å². The molecule has 1 aliphatic carbocycles. The molecule has 15 heteroatoms. The summed E-state index contributed by atoms with van der Waals surface area (Å²) in [6, 6.07) is 14.5. The van der Waals surface area contributed by atoms with Gasteiger partial charge in [0.2, 0.25) is 23.6 Å². The van der Waals surface area contributed by atoms with Crippen LogP contribution in [0.5, 0.6) is 17.5 Å². The van der Waals surface area contributed by atoms with Crippen molar-refractivity contribution in [3.8, 4) is 39.9 Å². The molecular weight excluding hydrogens is 761 g/mol. The van der Waals surface area contributed by atoms with E-state index in [2.05, 4.69) is 25.5 Å². The molecule has 4 fully saturated rings. The zero-order valence-electron chi connectivity index (χ0n) is 31.6. The SMILES string of the molecule is COc1cc(-c2nccc(-c3cccc4c3CC[C@H]4Oc3nc(OC)c(CN4CC5(CNC(=O)C5)C4)cc3C(F)(F)F)c2Cl)ccc1CN1CC2(CNC(=O)C2)C1. The van der Waals surface area contributed by atoms with Gasteiger partial charge in [-0.15, -0.1) is 0 Å². The molecule has 11 nitrogen and oxygen atoms in total. The van der Waals surface area contributed by atoms with E-state index in [1.165, 1.54) is 7.11 Å². The summed E-state index contributed by atoms with van der Waals surface area (Å²) in [4.78, 5) is 36.8. The predicted molar refractivity (Wildman–Crippen MR) is 205 cm³/mol. The summed E-state index contributed by atoms with van der Waals surface area (Å²) in [7, 11) is 3.02. The van der Waals surface area contributed by atoms with Crippen molar-refractivity contribution in [2.24, 2.45) is 10.8 Å². The number of aromatic nitrogens is 2. The number of hydrogen-bond donors (Lipinski definition) is 2. The number of fused-ring (bicyclic) bond motifs is 1. The number of rotatable bonds is 10. The summed E-state index contributed by atoms with van der Waals surface area (Å²) in [5.41, 5.74) is 4.89. The highest BCUT2D eigenvalue weighted by Crippen LogP contribution is 2.47. The second-order valence-electron chi connectivity index (χ2n) is 16.3. The van der Waals surface area contributed by atoms with Crippen LogP contribution < -0.4 is 24.8 Å². The fourth-order valence-electron chi connectivity index (χ4n) is 9.57. The first kappa shape index (κ1) is 37.6. The Hall–Kier alpha value is -4.92. The maximum atomic E-state index is 14.6. The second kappa shape index (κ2) is 14.2. The minimum atomic E-state index is -4.72. The normalized spacial score (nSPS) is 20.9. The molecule has 2 aromatic carbocycles. The molecule has 9 rings (SSSR count). The first-order valence-electron chi connectivity index (χ1n) is 19.1. The molecule has 4 aliphatic heterocycles. The van der Waals surface area contributed by atoms with E-state index in [1.807, 2.05) is 47.4 Å². The molecule has 5 aliphatic rings. The average Bonchev–Trinajstić information content (AvgIpc) is 3.88. The summed E-state index contributed by atoms with van der Waals surface area (Å²) in [5, 5.41) is 6.24. The maximum Gasteiger partial charge on any atom is 0.421 e. The lowest BCUT2D eigenvalue weighted by Crippen LogP contribution is -2.56. The molecule has 2 spiro atoms. The molecule has 2 N–H and O–H groups in total. The zero-order chi connectivity index (χ0) is 39.7. The molecule has 0 unspecified atom stereocenters. The number of nitrogens with zero attached hydrogens (tertiary/aromatic N) is 4. The van der Waals surface area contributed by atoms with E-state index >= 15 is 0 Å². The standard InChI is InChI=1S/C42H42ClF3N6O5/c1-55-33-13-24(6-7-25(33)16-51-20-40(21-51)14-34(53)48-18-40)37-36(43)30(10-11-47-37)27-4-3-5-29-28(27)8-9-32(29)57-39-31(42(44,45)46)12-26(38(50-39)56-2)17-52-22-41(23-52)15-35(54)49-19-41/h3-7,10-13,32H,8-9,14-23H2,1-2H3,(H,48,53)(H,49,54)/t32-/m1/s1. The van der Waals surface area contributed by atoms with Gasteiger partial charge in [-0.05, 0) is 47.7 Å². The van der Waals surface area contributed by atoms with Crippen molar-refractivity contribution in [1.29, 1.82) is 0 Å². The smallest absolute Gasteiger partial charge is 0.421 e. The predicted octanol–water partition coefficient (Wildman–Crippen LogP) is 6.21. The van der Waals surface area contributed by atoms with Crippen LogP contribution in [0, 0.1) is 10.8 Å². The molecule has 298 valence electrons. The third-order valence-corrected chi connectivity index (χ3v) is 12.5. The largest absolute Gasteiger partial charge is 0.496 e. The molecule has 57 heavy (non-hydrogen) atoms. The first-order chi connectivity index (χ1) is 27.3. The number of alkyl halides is 3. The van der Waals surface area contributed by atoms with Crippen molar-refractivity contribution >= 4 is 23.4 Å². The highest BCUT2D eigenvalue weighted by atomic mass is 35.5. The number of carbonyl (C=O) groups excluding carboxylic acids is 2. The quantitative estimate of drug-likeness (QED) is 0.193. The van der Waals surface area contributed by atoms with E-state index in [0.29, 0.717) is 73.9 Å². The van der Waals surface area contributed by atoms with Crippen LogP contribution >= 0.6 is 11.6 Å². The number of nitrogens with one attached hydrogen (secondary N) is 2. The summed E-state index contributed by atoms with van der Waals surface area (Å²) in [6.45, 7) is 5.10. The lowest BCUT2D eigenvalue weighted by Gasteiger charge is -2.47. The fraction of sp³-hybridized carbons (Fsp3) is 0.429. The van der Waals surface area contributed by atoms with Crippen LogP contribution in [-0.2, 0) is 35.3 Å². The second-order valence-corrected chi connectivity index (χ2v) is 16.6. The Kier molecular flexibility index (Phi) is 9.36. The number of pyridine rings is 2. The molecule has 2 amide bonds. The third-order valence-electron chi connectivity index (χ3n) is 12.2. The highest BCUT2D eigenvalue weighted by Gasteiger charge is 2.49. The van der Waals surface area contributed by atoms with Gasteiger partial charge < -0.3 is 24.8 Å². The van der Waals surface area contributed by atoms with Crippen LogP contribution in [0.4, 0.5) is 13.2 Å². The molecule has 4 saturated heterocycles. The van der Waals surface area contributed by atoms with Crippen molar-refractivity contribution in [2.75, 3.05) is 53.5 Å². The molecule has 0 radical (unpaired) electrons. The topological polar surface area (TPSA) is 118 Å². The lowest BCUT2D eigenvalue weighted by atomic mass is 9.79. The number of amides is 2. The first-order valence-corrected chi connectivity index (χ1v) is 19.5. The molecule has 0 bridgehead atoms. The van der Waals surface area contributed by atoms with Gasteiger partial charge in [0.1, 0.15) is 17.4 Å². The summed E-state index contributed by atoms with van der Waals surface area (Å²) in [6.07, 6.45) is -1.72. The van der Waals surface area contributed by atoms with Gasteiger partial charge >= 0.3 is 6.18 Å². The number of halogens is 4. The van der Waals surface area contributed by atoms with Crippen LogP contribution in [0.25, 0.3) is 22.4 Å². The Morgan fingerprint density at radius 3 is 2.16 bits per heavy atom. The molecule has 4 aromatic rings. The van der Waals surface area contributed by atoms with Gasteiger partial charge in [-0.25, -0.2) is 0 Å². The van der Waals surface area contributed by atoms with E-state index in [9.17, 15) is 22.8 Å². The van der Waals surface area contributed by atoms with Gasteiger partial charge in [0.25, 0.3) is 0 Å². The van der Waals surface area contributed by atoms with Crippen molar-refractivity contribution in [1.82, 2.24) is 30.4 Å². The summed E-state index contributed by atoms with van der Waals surface area (Å²) < 4.78 is 61.3. The number of methoxy groups -OCH3 is 2. The van der Waals surface area contributed by atoms with Gasteiger partial charge in [0, 0.05) is 104 Å². The van der Waals surface area contributed by atoms with E-state index in [4.69, 9.17) is 25.8 Å². The zero-order valence-corrected chi connectivity index (χ0v) is 32.4. The Labute approximate surface area is 332 Å². The summed E-state index contributed by atoms with van der Waals surface area (Å²) in [5.74, 6) is 0.369. The van der Waals surface area contributed by atoms with Gasteiger partial charge in [-0.3, -0.25) is 24.4 Å². The monoisotopic (exact) mass is 802 g/mol. The number of carbonyl (C=O) groups is 2. The van der Waals surface area contributed by atoms with Crippen molar-refractivity contribution in [3.05, 3.63) is 87.6 Å². The minimum absolute atomic E-state index is 0.00131. The Morgan fingerprint density at radius 2 is 1.54 bits per heavy atom. The van der Waals surface area contributed by atoms with E-state index in [1.54, 1.807) is 13.3 Å². The molecule has 2 aromatic heterocycles. The summed E-state index contributed by atoms with van der Waals surface area (Å²) >= 11 is 7.14. The van der Waals surface area contributed by atoms with E-state index in [-0.39, 0.29) is 35.1 Å². The van der Waals surface area contributed by atoms with Crippen LogP contribution in [-0.4, -0.2) is 85.1 Å². The van der Waals surface area contributed by atoms with Gasteiger partial charge in [0.15, 0.2) is 0 Å². The maximum absolute atomic E-state index is 14.6. The number of benzene rings is 2. The number of likely N-dealkylation sites (tertiary alicyclic amines) is 2. The minimum Gasteiger partial charge on any atom is -0.496 e. The van der Waals surface area contributed by atoms with Gasteiger partial charge in [-0.2, -0.15) is 18.2 Å². The van der Waals surface area contributed by atoms with Gasteiger partial charge in [-0.1, -0.05) is 41.9 Å². The molecule has 0 saturated carbocycles. The average molecular weight is 803 g/mol. The lowest BCUT2D eigenvalue weighted by molar-refractivity contribution is -0.140. The van der Waals surface area contributed by atoms with Crippen LogP contribution in [0.15, 0.2) is 54.7 Å². The highest BCUT2D eigenvalue weighted by molar-refractivity contribution is 6.35. The fourth-order valence-corrected chi connectivity index (χ4v) is 9.89. The third kappa shape index (κ3) is 6.95. The van der Waals surface area contributed by atoms with Crippen LogP contribution in [0.2, 0.25) is 5.02 Å². The Bertz CT molecular complexity index is 2280. The van der Waals surface area contributed by atoms with Crippen LogP contribution in [0.3, 0.4) is 0 Å². The molecular formula is C42H42ClF3N6O5. The number of hydrogen-bond acceptors (Lipinski definition) is 9. The number of ether oxygens (including phenoxy) is 3. The Balaban J connectivity index is 0.945. The van der Waals surface area contributed by atoms with E-state index < -0.39 is 23.7 Å². The van der Waals surface area contributed by atoms with Gasteiger partial charge in [0.05, 0.1) is 24.9 Å². The Morgan fingerprint density at radius 1 is 0.860 bits per heavy atom. The van der Waals surface area contributed by atoms with E-state index in [0.717, 1.165) is 59.1 Å². The molecule has 1 atom stereocenters. The molecule has 6 heterocycles. The van der Waals surface area contributed by atoms with Crippen LogP contribution in [0.1, 0.15) is 53.2 Å². The van der Waals surface area contributed by atoms with Crippen molar-refractivity contribution < 1.29 is 37.0 Å². The van der Waals surface area contributed by atoms with Crippen molar-refractivity contribution in [2.45, 2.75) is 51.1 Å².